The lowest BCUT2D eigenvalue weighted by atomic mass is 9.88. The number of anilines is 2. The largest absolute Gasteiger partial charge is 0.368 e. The highest BCUT2D eigenvalue weighted by Crippen LogP contribution is 2.48. The zero-order chi connectivity index (χ0) is 19.6. The average Bonchev–Trinajstić information content (AvgIpc) is 3.16. The molecule has 5 rings (SSSR count). The van der Waals surface area contributed by atoms with E-state index in [4.69, 9.17) is 5.73 Å². The molecule has 2 N–H and O–H groups in total. The van der Waals surface area contributed by atoms with Crippen LogP contribution < -0.4 is 15.5 Å². The van der Waals surface area contributed by atoms with Gasteiger partial charge in [0.15, 0.2) is 0 Å². The lowest BCUT2D eigenvalue weighted by Crippen LogP contribution is -2.50. The number of nitrogens with zero attached hydrogens (tertiary/aromatic N) is 2. The Hall–Kier alpha value is -3.48. The molecule has 7 heteroatoms. The van der Waals surface area contributed by atoms with Gasteiger partial charge in [-0.1, -0.05) is 30.4 Å². The Morgan fingerprint density at radius 2 is 1.64 bits per heavy atom. The number of amides is 3. The van der Waals surface area contributed by atoms with Crippen LogP contribution in [0.4, 0.5) is 15.8 Å². The van der Waals surface area contributed by atoms with E-state index in [-0.39, 0.29) is 0 Å². The number of para-hydroxylation sites is 1. The number of benzene rings is 2. The van der Waals surface area contributed by atoms with Gasteiger partial charge in [-0.05, 0) is 35.9 Å². The fraction of sp³-hybridized carbons (Fsp3) is 0.190. The SMILES string of the molecule is NC(=O)[C@H]1[C@@H]2C(=O)N(c3ccc(F)cc3)C(=O)[C@@H]2[C@H]2C=Cc3ccccc3N21. The molecule has 28 heavy (non-hydrogen) atoms. The summed E-state index contributed by atoms with van der Waals surface area (Å²) < 4.78 is 13.3. The summed E-state index contributed by atoms with van der Waals surface area (Å²) in [5.74, 6) is -3.59. The van der Waals surface area contributed by atoms with Gasteiger partial charge in [-0.15, -0.1) is 0 Å². The van der Waals surface area contributed by atoms with Crippen molar-refractivity contribution in [3.63, 3.8) is 0 Å². The summed E-state index contributed by atoms with van der Waals surface area (Å²) in [6.45, 7) is 0. The van der Waals surface area contributed by atoms with Gasteiger partial charge in [0.1, 0.15) is 11.9 Å². The molecule has 0 spiro atoms. The van der Waals surface area contributed by atoms with E-state index in [9.17, 15) is 18.8 Å². The second-order valence-corrected chi connectivity index (χ2v) is 7.20. The molecule has 6 nitrogen and oxygen atoms in total. The highest BCUT2D eigenvalue weighted by molar-refractivity contribution is 6.24. The van der Waals surface area contributed by atoms with E-state index in [2.05, 4.69) is 0 Å². The van der Waals surface area contributed by atoms with Crippen molar-refractivity contribution in [3.8, 4) is 0 Å². The van der Waals surface area contributed by atoms with E-state index in [1.54, 1.807) is 4.90 Å². The Balaban J connectivity index is 1.62. The minimum atomic E-state index is -0.928. The zero-order valence-electron chi connectivity index (χ0n) is 14.7. The first-order chi connectivity index (χ1) is 13.5. The lowest BCUT2D eigenvalue weighted by Gasteiger charge is -2.35. The second-order valence-electron chi connectivity index (χ2n) is 7.20. The number of primary amides is 1. The first-order valence-corrected chi connectivity index (χ1v) is 8.97. The van der Waals surface area contributed by atoms with E-state index < -0.39 is 47.5 Å². The van der Waals surface area contributed by atoms with Gasteiger partial charge >= 0.3 is 0 Å². The van der Waals surface area contributed by atoms with E-state index in [0.29, 0.717) is 5.69 Å². The van der Waals surface area contributed by atoms with Gasteiger partial charge in [-0.2, -0.15) is 0 Å². The molecule has 4 atom stereocenters. The minimum absolute atomic E-state index is 0.292. The van der Waals surface area contributed by atoms with Crippen LogP contribution in [0.15, 0.2) is 54.6 Å². The number of imide groups is 1. The van der Waals surface area contributed by atoms with Crippen molar-refractivity contribution in [2.45, 2.75) is 12.1 Å². The van der Waals surface area contributed by atoms with Crippen LogP contribution in [-0.2, 0) is 14.4 Å². The number of hydrogen-bond donors (Lipinski definition) is 1. The average molecular weight is 377 g/mol. The molecule has 140 valence electrons. The van der Waals surface area contributed by atoms with Crippen molar-refractivity contribution >= 4 is 35.2 Å². The molecule has 0 bridgehead atoms. The highest BCUT2D eigenvalue weighted by Gasteiger charge is 2.64. The van der Waals surface area contributed by atoms with Gasteiger partial charge in [0, 0.05) is 5.69 Å². The Kier molecular flexibility index (Phi) is 3.43. The molecule has 0 aromatic heterocycles. The molecule has 2 fully saturated rings. The minimum Gasteiger partial charge on any atom is -0.368 e. The van der Waals surface area contributed by atoms with Gasteiger partial charge in [0.25, 0.3) is 0 Å². The van der Waals surface area contributed by atoms with Crippen LogP contribution >= 0.6 is 0 Å². The zero-order valence-corrected chi connectivity index (χ0v) is 14.7. The van der Waals surface area contributed by atoms with Crippen LogP contribution in [0.2, 0.25) is 0 Å². The third-order valence-electron chi connectivity index (χ3n) is 5.79. The monoisotopic (exact) mass is 377 g/mol. The van der Waals surface area contributed by atoms with Crippen LogP contribution in [0.25, 0.3) is 6.08 Å². The Morgan fingerprint density at radius 3 is 2.36 bits per heavy atom. The van der Waals surface area contributed by atoms with Crippen molar-refractivity contribution in [3.05, 3.63) is 66.0 Å². The summed E-state index contributed by atoms with van der Waals surface area (Å²) in [7, 11) is 0. The van der Waals surface area contributed by atoms with Crippen molar-refractivity contribution in [1.29, 1.82) is 0 Å². The molecule has 0 radical (unpaired) electrons. The van der Waals surface area contributed by atoms with E-state index in [1.165, 1.54) is 24.3 Å². The topological polar surface area (TPSA) is 83.7 Å². The molecule has 3 aliphatic rings. The number of hydrogen-bond acceptors (Lipinski definition) is 4. The maximum atomic E-state index is 13.3. The van der Waals surface area contributed by atoms with E-state index in [0.717, 1.165) is 16.2 Å². The molecule has 0 unspecified atom stereocenters. The molecule has 2 aromatic rings. The Morgan fingerprint density at radius 1 is 0.964 bits per heavy atom. The predicted molar refractivity (Wildman–Crippen MR) is 101 cm³/mol. The Bertz CT molecular complexity index is 1050. The van der Waals surface area contributed by atoms with Crippen molar-refractivity contribution in [2.75, 3.05) is 9.80 Å². The summed E-state index contributed by atoms with van der Waals surface area (Å²) in [5.41, 5.74) is 7.67. The number of nitrogens with two attached hydrogens (primary N) is 1. The summed E-state index contributed by atoms with van der Waals surface area (Å²) in [6.07, 6.45) is 3.75. The van der Waals surface area contributed by atoms with Crippen molar-refractivity contribution < 1.29 is 18.8 Å². The summed E-state index contributed by atoms with van der Waals surface area (Å²) in [4.78, 5) is 41.6. The predicted octanol–water partition coefficient (Wildman–Crippen LogP) is 1.70. The van der Waals surface area contributed by atoms with Gasteiger partial charge in [-0.3, -0.25) is 14.4 Å². The van der Waals surface area contributed by atoms with E-state index in [1.807, 2.05) is 36.4 Å². The molecule has 3 amide bonds. The number of fused-ring (bicyclic) bond motifs is 5. The summed E-state index contributed by atoms with van der Waals surface area (Å²) in [6, 6.07) is 11.3. The first kappa shape index (κ1) is 16.7. The van der Waals surface area contributed by atoms with Crippen molar-refractivity contribution in [1.82, 2.24) is 0 Å². The lowest BCUT2D eigenvalue weighted by molar-refractivity contribution is -0.127. The smallest absolute Gasteiger partial charge is 0.241 e. The van der Waals surface area contributed by atoms with Gasteiger partial charge in [-0.25, -0.2) is 9.29 Å². The van der Waals surface area contributed by atoms with Crippen LogP contribution in [0.3, 0.4) is 0 Å². The fourth-order valence-corrected chi connectivity index (χ4v) is 4.68. The summed E-state index contributed by atoms with van der Waals surface area (Å²) >= 11 is 0. The standard InChI is InChI=1S/C21H16FN3O3/c22-12-6-8-13(9-7-12)24-20(27)16-15-10-5-11-3-1-2-4-14(11)25(15)18(19(23)26)17(16)21(24)28/h1-10,15-18H,(H2,23,26)/t15-,16-,17-,18-/m1/s1. The first-order valence-electron chi connectivity index (χ1n) is 8.97. The van der Waals surface area contributed by atoms with Crippen LogP contribution in [-0.4, -0.2) is 29.8 Å². The normalized spacial score (nSPS) is 27.6. The van der Waals surface area contributed by atoms with Crippen LogP contribution in [0, 0.1) is 17.7 Å². The van der Waals surface area contributed by atoms with Crippen molar-refractivity contribution in [2.24, 2.45) is 17.6 Å². The number of carbonyl (C=O) groups excluding carboxylic acids is 3. The van der Waals surface area contributed by atoms with Gasteiger partial charge < -0.3 is 10.6 Å². The Labute approximate surface area is 160 Å². The maximum Gasteiger partial charge on any atom is 0.241 e. The highest BCUT2D eigenvalue weighted by atomic mass is 19.1. The van der Waals surface area contributed by atoms with Crippen LogP contribution in [0.5, 0.6) is 0 Å². The molecule has 2 saturated heterocycles. The number of halogens is 1. The van der Waals surface area contributed by atoms with Gasteiger partial charge in [0.05, 0.1) is 23.6 Å². The second kappa shape index (κ2) is 5.76. The molecule has 3 heterocycles. The van der Waals surface area contributed by atoms with Gasteiger partial charge in [0.2, 0.25) is 17.7 Å². The maximum absolute atomic E-state index is 13.3. The molecular weight excluding hydrogens is 361 g/mol. The van der Waals surface area contributed by atoms with Crippen LogP contribution in [0.1, 0.15) is 5.56 Å². The third kappa shape index (κ3) is 2.10. The quantitative estimate of drug-likeness (QED) is 0.808. The number of carbonyl (C=O) groups is 3. The van der Waals surface area contributed by atoms with E-state index >= 15 is 0 Å². The molecule has 0 saturated carbocycles. The number of rotatable bonds is 2. The molecule has 2 aromatic carbocycles. The molecule has 3 aliphatic heterocycles. The fourth-order valence-electron chi connectivity index (χ4n) is 4.68. The molecule has 0 aliphatic carbocycles. The third-order valence-corrected chi connectivity index (χ3v) is 5.79. The summed E-state index contributed by atoms with van der Waals surface area (Å²) in [5, 5.41) is 0. The molecular formula is C21H16FN3O3.